The number of ether oxygens (including phenoxy) is 1. The fourth-order valence-corrected chi connectivity index (χ4v) is 3.41. The molecule has 0 aromatic heterocycles. The summed E-state index contributed by atoms with van der Waals surface area (Å²) in [5, 5.41) is 9.05. The van der Waals surface area contributed by atoms with Crippen LogP contribution >= 0.6 is 0 Å². The average molecular weight is 375 g/mol. The molecule has 2 heterocycles. The lowest BCUT2D eigenvalue weighted by molar-refractivity contribution is -0.143. The first-order valence-electron chi connectivity index (χ1n) is 9.27. The van der Waals surface area contributed by atoms with Gasteiger partial charge in [0.25, 0.3) is 0 Å². The highest BCUT2D eigenvalue weighted by Crippen LogP contribution is 2.19. The molecule has 0 spiro atoms. The van der Waals surface area contributed by atoms with Crippen LogP contribution in [0.25, 0.3) is 0 Å². The Morgan fingerprint density at radius 3 is 2.04 bits per heavy atom. The van der Waals surface area contributed by atoms with Crippen molar-refractivity contribution in [1.29, 1.82) is 0 Å². The van der Waals surface area contributed by atoms with Crippen LogP contribution in [0.2, 0.25) is 0 Å². The Kier molecular flexibility index (Phi) is 6.16. The van der Waals surface area contributed by atoms with Gasteiger partial charge >= 0.3 is 18.1 Å². The molecule has 1 aromatic carbocycles. The average Bonchev–Trinajstić information content (AvgIpc) is 2.72. The molecule has 1 aromatic rings. The Morgan fingerprint density at radius 1 is 0.889 bits per heavy atom. The maximum atomic E-state index is 12.6. The van der Waals surface area contributed by atoms with Crippen molar-refractivity contribution in [2.75, 3.05) is 39.3 Å². The van der Waals surface area contributed by atoms with Gasteiger partial charge in [-0.2, -0.15) is 0 Å². The number of hydrogen-bond donors (Lipinski definition) is 1. The summed E-state index contributed by atoms with van der Waals surface area (Å²) in [7, 11) is 0. The molecule has 3 rings (SSSR count). The molecule has 8 nitrogen and oxygen atoms in total. The minimum atomic E-state index is -0.787. The van der Waals surface area contributed by atoms with E-state index < -0.39 is 5.97 Å². The number of carboxylic acids is 1. The molecule has 0 radical (unpaired) electrons. The van der Waals surface area contributed by atoms with Crippen molar-refractivity contribution >= 4 is 18.1 Å². The standard InChI is InChI=1S/C19H25N3O5/c23-17(24)16-6-8-20(9-7-16)18(25)21-10-12-22(13-11-21)19(26)27-14-15-4-2-1-3-5-15/h1-5,16H,6-14H2,(H,23,24). The van der Waals surface area contributed by atoms with Crippen LogP contribution in [0.3, 0.4) is 0 Å². The highest BCUT2D eigenvalue weighted by atomic mass is 16.6. The van der Waals surface area contributed by atoms with Gasteiger partial charge in [-0.1, -0.05) is 30.3 Å². The number of piperidine rings is 1. The monoisotopic (exact) mass is 375 g/mol. The van der Waals surface area contributed by atoms with Crippen LogP contribution in [-0.2, 0) is 16.1 Å². The first-order chi connectivity index (χ1) is 13.0. The largest absolute Gasteiger partial charge is 0.481 e. The van der Waals surface area contributed by atoms with Crippen molar-refractivity contribution in [3.05, 3.63) is 35.9 Å². The Labute approximate surface area is 158 Å². The van der Waals surface area contributed by atoms with Crippen molar-refractivity contribution in [3.8, 4) is 0 Å². The molecule has 0 saturated carbocycles. The molecule has 3 amide bonds. The van der Waals surface area contributed by atoms with Crippen LogP contribution in [-0.4, -0.2) is 77.2 Å². The molecule has 0 aliphatic carbocycles. The van der Waals surface area contributed by atoms with Crippen molar-refractivity contribution in [1.82, 2.24) is 14.7 Å². The zero-order valence-electron chi connectivity index (χ0n) is 15.2. The number of nitrogens with zero attached hydrogens (tertiary/aromatic N) is 3. The van der Waals surface area contributed by atoms with Gasteiger partial charge in [0.2, 0.25) is 0 Å². The summed E-state index contributed by atoms with van der Waals surface area (Å²) >= 11 is 0. The lowest BCUT2D eigenvalue weighted by Crippen LogP contribution is -2.55. The van der Waals surface area contributed by atoms with Gasteiger partial charge in [-0.05, 0) is 18.4 Å². The lowest BCUT2D eigenvalue weighted by atomic mass is 9.97. The predicted octanol–water partition coefficient (Wildman–Crippen LogP) is 1.86. The lowest BCUT2D eigenvalue weighted by Gasteiger charge is -2.38. The number of carbonyl (C=O) groups is 3. The molecule has 2 fully saturated rings. The highest BCUT2D eigenvalue weighted by Gasteiger charge is 2.31. The molecule has 2 aliphatic heterocycles. The SMILES string of the molecule is O=C(O)C1CCN(C(=O)N2CCN(C(=O)OCc3ccccc3)CC2)CC1. The summed E-state index contributed by atoms with van der Waals surface area (Å²) in [5.41, 5.74) is 0.935. The zero-order valence-corrected chi connectivity index (χ0v) is 15.2. The summed E-state index contributed by atoms with van der Waals surface area (Å²) in [6, 6.07) is 9.43. The van der Waals surface area contributed by atoms with Crippen LogP contribution in [0, 0.1) is 5.92 Å². The Balaban J connectivity index is 1.41. The van der Waals surface area contributed by atoms with E-state index in [-0.39, 0.29) is 24.6 Å². The Hall–Kier alpha value is -2.77. The molecule has 1 N–H and O–H groups in total. The minimum absolute atomic E-state index is 0.0730. The molecule has 2 aliphatic rings. The fraction of sp³-hybridized carbons (Fsp3) is 0.526. The van der Waals surface area contributed by atoms with Crippen LogP contribution in [0.15, 0.2) is 30.3 Å². The van der Waals surface area contributed by atoms with Gasteiger partial charge in [0.05, 0.1) is 5.92 Å². The van der Waals surface area contributed by atoms with E-state index in [1.807, 2.05) is 30.3 Å². The summed E-state index contributed by atoms with van der Waals surface area (Å²) < 4.78 is 5.33. The number of benzene rings is 1. The highest BCUT2D eigenvalue weighted by molar-refractivity contribution is 5.76. The van der Waals surface area contributed by atoms with Crippen LogP contribution < -0.4 is 0 Å². The van der Waals surface area contributed by atoms with Gasteiger partial charge in [-0.3, -0.25) is 4.79 Å². The van der Waals surface area contributed by atoms with E-state index in [0.717, 1.165) is 5.56 Å². The smallest absolute Gasteiger partial charge is 0.410 e. The third kappa shape index (κ3) is 4.90. The van der Waals surface area contributed by atoms with Crippen LogP contribution in [0.4, 0.5) is 9.59 Å². The number of carbonyl (C=O) groups excluding carboxylic acids is 2. The number of hydrogen-bond acceptors (Lipinski definition) is 4. The first kappa shape index (κ1) is 19.0. The molecule has 8 heteroatoms. The maximum Gasteiger partial charge on any atom is 0.410 e. The van der Waals surface area contributed by atoms with Gasteiger partial charge in [0, 0.05) is 39.3 Å². The molecule has 146 valence electrons. The number of rotatable bonds is 3. The van der Waals surface area contributed by atoms with Crippen molar-refractivity contribution < 1.29 is 24.2 Å². The van der Waals surface area contributed by atoms with Crippen molar-refractivity contribution in [2.45, 2.75) is 19.4 Å². The van der Waals surface area contributed by atoms with E-state index in [1.165, 1.54) is 0 Å². The number of likely N-dealkylation sites (tertiary alicyclic amines) is 1. The van der Waals surface area contributed by atoms with Gasteiger partial charge < -0.3 is 24.5 Å². The Morgan fingerprint density at radius 2 is 1.44 bits per heavy atom. The van der Waals surface area contributed by atoms with E-state index in [4.69, 9.17) is 9.84 Å². The second kappa shape index (κ2) is 8.75. The third-order valence-corrected chi connectivity index (χ3v) is 5.13. The van der Waals surface area contributed by atoms with Crippen LogP contribution in [0.5, 0.6) is 0 Å². The first-order valence-corrected chi connectivity index (χ1v) is 9.27. The van der Waals surface area contributed by atoms with E-state index >= 15 is 0 Å². The van der Waals surface area contributed by atoms with Crippen molar-refractivity contribution in [2.24, 2.45) is 5.92 Å². The van der Waals surface area contributed by atoms with Gasteiger partial charge in [-0.15, -0.1) is 0 Å². The van der Waals surface area contributed by atoms with E-state index in [2.05, 4.69) is 0 Å². The normalized spacial score (nSPS) is 18.3. The molecule has 0 atom stereocenters. The van der Waals surface area contributed by atoms with Gasteiger partial charge in [0.15, 0.2) is 0 Å². The molecule has 27 heavy (non-hydrogen) atoms. The number of aliphatic carboxylic acids is 1. The summed E-state index contributed by atoms with van der Waals surface area (Å²) in [4.78, 5) is 40.8. The second-order valence-electron chi connectivity index (χ2n) is 6.90. The maximum absolute atomic E-state index is 12.6. The second-order valence-corrected chi connectivity index (χ2v) is 6.90. The number of amides is 3. The molecule has 2 saturated heterocycles. The van der Waals surface area contributed by atoms with Gasteiger partial charge in [-0.25, -0.2) is 9.59 Å². The molecule has 0 unspecified atom stereocenters. The number of urea groups is 1. The van der Waals surface area contributed by atoms with Crippen molar-refractivity contribution in [3.63, 3.8) is 0 Å². The van der Waals surface area contributed by atoms with Gasteiger partial charge in [0.1, 0.15) is 6.61 Å². The van der Waals surface area contributed by atoms with E-state index in [1.54, 1.807) is 14.7 Å². The van der Waals surface area contributed by atoms with Crippen LogP contribution in [0.1, 0.15) is 18.4 Å². The number of piperazine rings is 1. The van der Waals surface area contributed by atoms with E-state index in [0.29, 0.717) is 52.1 Å². The molecule has 0 bridgehead atoms. The number of carboxylic acid groups (broad SMARTS) is 1. The Bertz CT molecular complexity index is 665. The zero-order chi connectivity index (χ0) is 19.2. The molecular weight excluding hydrogens is 350 g/mol. The predicted molar refractivity (Wildman–Crippen MR) is 97.1 cm³/mol. The topological polar surface area (TPSA) is 90.4 Å². The fourth-order valence-electron chi connectivity index (χ4n) is 3.41. The summed E-state index contributed by atoms with van der Waals surface area (Å²) in [5.74, 6) is -1.14. The quantitative estimate of drug-likeness (QED) is 0.871. The van der Waals surface area contributed by atoms with E-state index in [9.17, 15) is 14.4 Å². The third-order valence-electron chi connectivity index (χ3n) is 5.13. The summed E-state index contributed by atoms with van der Waals surface area (Å²) in [6.45, 7) is 2.95. The molecular formula is C19H25N3O5. The minimum Gasteiger partial charge on any atom is -0.481 e. The summed E-state index contributed by atoms with van der Waals surface area (Å²) in [6.07, 6.45) is 0.618.